The van der Waals surface area contributed by atoms with Crippen molar-refractivity contribution in [2.75, 3.05) is 5.32 Å². The molecule has 5 heteroatoms. The van der Waals surface area contributed by atoms with Gasteiger partial charge in [0.15, 0.2) is 0 Å². The van der Waals surface area contributed by atoms with Gasteiger partial charge in [0.2, 0.25) is 5.91 Å². The molecular weight excluding hydrogens is 425 g/mol. The van der Waals surface area contributed by atoms with E-state index < -0.39 is 0 Å². The summed E-state index contributed by atoms with van der Waals surface area (Å²) in [5.74, 6) is -0.306. The van der Waals surface area contributed by atoms with Gasteiger partial charge in [0, 0.05) is 28.4 Å². The van der Waals surface area contributed by atoms with E-state index in [0.29, 0.717) is 19.3 Å². The van der Waals surface area contributed by atoms with Crippen molar-refractivity contribution in [2.45, 2.75) is 32.6 Å². The average molecular weight is 452 g/mol. The van der Waals surface area contributed by atoms with Crippen LogP contribution in [0.4, 0.5) is 10.1 Å². The molecule has 0 saturated heterocycles. The highest BCUT2D eigenvalue weighted by atomic mass is 19.1. The van der Waals surface area contributed by atoms with Crippen molar-refractivity contribution in [2.24, 2.45) is 0 Å². The van der Waals surface area contributed by atoms with Gasteiger partial charge in [0.1, 0.15) is 5.82 Å². The van der Waals surface area contributed by atoms with Crippen LogP contribution < -0.4 is 5.32 Å². The van der Waals surface area contributed by atoms with Crippen LogP contribution in [0.3, 0.4) is 0 Å². The summed E-state index contributed by atoms with van der Waals surface area (Å²) in [6.45, 7) is 2.10. The van der Waals surface area contributed by atoms with E-state index in [1.165, 1.54) is 11.6 Å². The van der Waals surface area contributed by atoms with E-state index >= 15 is 0 Å². The van der Waals surface area contributed by atoms with Crippen LogP contribution in [0.25, 0.3) is 33.2 Å². The highest BCUT2D eigenvalue weighted by Gasteiger charge is 2.16. The minimum atomic E-state index is -0.279. The number of carbonyl (C=O) groups is 1. The molecule has 2 heterocycles. The normalized spacial score (nSPS) is 11.2. The van der Waals surface area contributed by atoms with Crippen LogP contribution in [0, 0.1) is 5.82 Å². The van der Waals surface area contributed by atoms with E-state index in [4.69, 9.17) is 4.98 Å². The lowest BCUT2D eigenvalue weighted by atomic mass is 10.0. The summed E-state index contributed by atoms with van der Waals surface area (Å²) in [7, 11) is 0. The number of para-hydroxylation sites is 1. The number of aromatic nitrogens is 2. The highest BCUT2D eigenvalue weighted by molar-refractivity contribution is 5.92. The Morgan fingerprint density at radius 3 is 2.65 bits per heavy atom. The zero-order chi connectivity index (χ0) is 23.5. The Bertz CT molecular complexity index is 1470. The maximum absolute atomic E-state index is 14.1. The molecule has 2 aromatic heterocycles. The third-order valence-electron chi connectivity index (χ3n) is 6.20. The topological polar surface area (TPSA) is 57.8 Å². The predicted molar refractivity (Wildman–Crippen MR) is 136 cm³/mol. The number of carbonyl (C=O) groups excluding carboxylic acids is 1. The van der Waals surface area contributed by atoms with Crippen molar-refractivity contribution in [3.05, 3.63) is 95.8 Å². The molecule has 0 aliphatic rings. The zero-order valence-electron chi connectivity index (χ0n) is 19.1. The highest BCUT2D eigenvalue weighted by Crippen LogP contribution is 2.32. The second-order valence-electron chi connectivity index (χ2n) is 8.51. The molecule has 0 fully saturated rings. The average Bonchev–Trinajstić information content (AvgIpc) is 3.22. The standard InChI is InChI=1S/C29H26FN3O/c1-2-19-10-14-22(15-11-19)31-28(34)9-5-7-23-24-18-21(30)13-17-26(24)33-29(23)27-16-12-20-6-3-4-8-25(20)32-27/h3-4,6,8,10-18,33H,2,5,7,9H2,1H3,(H,31,34). The van der Waals surface area contributed by atoms with Gasteiger partial charge >= 0.3 is 0 Å². The Morgan fingerprint density at radius 1 is 1.00 bits per heavy atom. The van der Waals surface area contributed by atoms with Crippen molar-refractivity contribution in [1.29, 1.82) is 0 Å². The number of aryl methyl sites for hydroxylation is 2. The van der Waals surface area contributed by atoms with E-state index in [1.54, 1.807) is 12.1 Å². The van der Waals surface area contributed by atoms with Gasteiger partial charge in [-0.25, -0.2) is 9.37 Å². The summed E-state index contributed by atoms with van der Waals surface area (Å²) in [6, 6.07) is 24.7. The van der Waals surface area contributed by atoms with E-state index in [2.05, 4.69) is 17.2 Å². The number of hydrogen-bond donors (Lipinski definition) is 2. The van der Waals surface area contributed by atoms with Gasteiger partial charge in [0.25, 0.3) is 0 Å². The maximum atomic E-state index is 14.1. The second kappa shape index (κ2) is 9.48. The van der Waals surface area contributed by atoms with Gasteiger partial charge in [0.05, 0.1) is 16.9 Å². The molecule has 5 rings (SSSR count). The number of nitrogens with zero attached hydrogens (tertiary/aromatic N) is 1. The molecule has 0 saturated carbocycles. The van der Waals surface area contributed by atoms with Gasteiger partial charge in [-0.2, -0.15) is 0 Å². The number of hydrogen-bond acceptors (Lipinski definition) is 2. The molecule has 0 unspecified atom stereocenters. The monoisotopic (exact) mass is 451 g/mol. The Balaban J connectivity index is 1.38. The molecule has 1 amide bonds. The number of amides is 1. The van der Waals surface area contributed by atoms with E-state index in [9.17, 15) is 9.18 Å². The molecule has 3 aromatic carbocycles. The fraction of sp³-hybridized carbons (Fsp3) is 0.172. The summed E-state index contributed by atoms with van der Waals surface area (Å²) in [5.41, 5.74) is 6.48. The van der Waals surface area contributed by atoms with Crippen LogP contribution in [0.2, 0.25) is 0 Å². The predicted octanol–water partition coefficient (Wildman–Crippen LogP) is 7.05. The van der Waals surface area contributed by atoms with E-state index in [0.717, 1.165) is 50.9 Å². The lowest BCUT2D eigenvalue weighted by Gasteiger charge is -2.08. The number of pyridine rings is 1. The van der Waals surface area contributed by atoms with Crippen LogP contribution >= 0.6 is 0 Å². The molecule has 4 nitrogen and oxygen atoms in total. The number of fused-ring (bicyclic) bond motifs is 2. The molecule has 5 aromatic rings. The van der Waals surface area contributed by atoms with Gasteiger partial charge in [-0.1, -0.05) is 43.3 Å². The Morgan fingerprint density at radius 2 is 1.82 bits per heavy atom. The van der Waals surface area contributed by atoms with Gasteiger partial charge in [-0.05, 0) is 72.9 Å². The molecule has 34 heavy (non-hydrogen) atoms. The van der Waals surface area contributed by atoms with Gasteiger partial charge in [-0.15, -0.1) is 0 Å². The van der Waals surface area contributed by atoms with E-state index in [1.807, 2.05) is 60.7 Å². The van der Waals surface area contributed by atoms with Crippen LogP contribution in [0.15, 0.2) is 78.9 Å². The number of H-pyrrole nitrogens is 1. The van der Waals surface area contributed by atoms with Crippen molar-refractivity contribution in [3.63, 3.8) is 0 Å². The fourth-order valence-corrected chi connectivity index (χ4v) is 4.38. The number of benzene rings is 3. The molecule has 0 spiro atoms. The van der Waals surface area contributed by atoms with Crippen molar-refractivity contribution in [3.8, 4) is 11.4 Å². The molecule has 170 valence electrons. The first-order valence-corrected chi connectivity index (χ1v) is 11.7. The smallest absolute Gasteiger partial charge is 0.224 e. The lowest BCUT2D eigenvalue weighted by Crippen LogP contribution is -2.11. The quantitative estimate of drug-likeness (QED) is 0.279. The molecular formula is C29H26FN3O. The maximum Gasteiger partial charge on any atom is 0.224 e. The number of anilines is 1. The van der Waals surface area contributed by atoms with Crippen molar-refractivity contribution >= 4 is 33.4 Å². The number of rotatable bonds is 7. The second-order valence-corrected chi connectivity index (χ2v) is 8.51. The first-order chi connectivity index (χ1) is 16.6. The Kier molecular flexibility index (Phi) is 6.09. The molecule has 0 aliphatic heterocycles. The third kappa shape index (κ3) is 4.55. The number of aromatic amines is 1. The molecule has 0 bridgehead atoms. The van der Waals surface area contributed by atoms with Crippen molar-refractivity contribution in [1.82, 2.24) is 9.97 Å². The van der Waals surface area contributed by atoms with Crippen LogP contribution in [0.1, 0.15) is 30.9 Å². The van der Waals surface area contributed by atoms with Crippen LogP contribution in [0.5, 0.6) is 0 Å². The summed E-state index contributed by atoms with van der Waals surface area (Å²) in [5, 5.41) is 4.87. The molecule has 2 N–H and O–H groups in total. The summed E-state index contributed by atoms with van der Waals surface area (Å²) < 4.78 is 14.1. The first kappa shape index (κ1) is 21.8. The molecule has 0 radical (unpaired) electrons. The number of halogens is 1. The minimum absolute atomic E-state index is 0.0272. The largest absolute Gasteiger partial charge is 0.353 e. The minimum Gasteiger partial charge on any atom is -0.353 e. The Labute approximate surface area is 197 Å². The van der Waals surface area contributed by atoms with Crippen molar-refractivity contribution < 1.29 is 9.18 Å². The summed E-state index contributed by atoms with van der Waals surface area (Å²) in [6.07, 6.45) is 2.62. The summed E-state index contributed by atoms with van der Waals surface area (Å²) >= 11 is 0. The van der Waals surface area contributed by atoms with Gasteiger partial charge in [-0.3, -0.25) is 4.79 Å². The van der Waals surface area contributed by atoms with Crippen LogP contribution in [-0.2, 0) is 17.6 Å². The van der Waals surface area contributed by atoms with Crippen LogP contribution in [-0.4, -0.2) is 15.9 Å². The van der Waals surface area contributed by atoms with Gasteiger partial charge < -0.3 is 10.3 Å². The lowest BCUT2D eigenvalue weighted by molar-refractivity contribution is -0.116. The SMILES string of the molecule is CCc1ccc(NC(=O)CCCc2c(-c3ccc4ccccc4n3)[nH]c3ccc(F)cc23)cc1. The Hall–Kier alpha value is -3.99. The molecule has 0 aliphatic carbocycles. The zero-order valence-corrected chi connectivity index (χ0v) is 19.1. The molecule has 0 atom stereocenters. The summed E-state index contributed by atoms with van der Waals surface area (Å²) in [4.78, 5) is 20.8. The third-order valence-corrected chi connectivity index (χ3v) is 6.20. The number of nitrogens with one attached hydrogen (secondary N) is 2. The first-order valence-electron chi connectivity index (χ1n) is 11.7. The fourth-order valence-electron chi connectivity index (χ4n) is 4.38. The van der Waals surface area contributed by atoms with E-state index in [-0.39, 0.29) is 11.7 Å².